The summed E-state index contributed by atoms with van der Waals surface area (Å²) in [6, 6.07) is 17.7. The SMILES string of the molecule is CC(C)(C)[Si](C)(C)OC1=Cc2ccccc2C1CCC1C(O[Si](C)(C)C(C)(C)C)=Cc2ccccc21. The smallest absolute Gasteiger partial charge is 0.250 e. The van der Waals surface area contributed by atoms with E-state index in [9.17, 15) is 0 Å². The van der Waals surface area contributed by atoms with E-state index in [0.29, 0.717) is 11.8 Å². The molecule has 0 fully saturated rings. The van der Waals surface area contributed by atoms with E-state index in [2.05, 4.69) is 128 Å². The van der Waals surface area contributed by atoms with Crippen LogP contribution in [0.15, 0.2) is 60.0 Å². The van der Waals surface area contributed by atoms with Crippen molar-refractivity contribution in [2.45, 2.75) is 102 Å². The zero-order valence-electron chi connectivity index (χ0n) is 24.2. The molecule has 0 saturated carbocycles. The van der Waals surface area contributed by atoms with Gasteiger partial charge in [0.05, 0.1) is 11.5 Å². The van der Waals surface area contributed by atoms with Gasteiger partial charge in [-0.15, -0.1) is 0 Å². The van der Waals surface area contributed by atoms with Gasteiger partial charge in [0.1, 0.15) is 0 Å². The zero-order valence-corrected chi connectivity index (χ0v) is 26.2. The molecule has 4 rings (SSSR count). The quantitative estimate of drug-likeness (QED) is 0.339. The van der Waals surface area contributed by atoms with Crippen molar-refractivity contribution in [1.29, 1.82) is 0 Å². The van der Waals surface area contributed by atoms with Crippen LogP contribution in [0, 0.1) is 0 Å². The average Bonchev–Trinajstić information content (AvgIpc) is 3.27. The standard InChI is InChI=1S/C32H46O2Si2/c1-31(2,3)35(7,8)33-29-21-23-15-11-13-17-25(23)27(29)19-20-28-26-18-14-12-16-24(26)22-30(28)34-36(9,10)32(4,5)6/h11-18,21-22,27-28H,19-20H2,1-10H3. The number of benzene rings is 2. The van der Waals surface area contributed by atoms with Crippen molar-refractivity contribution in [3.63, 3.8) is 0 Å². The van der Waals surface area contributed by atoms with Gasteiger partial charge in [0, 0.05) is 11.8 Å². The van der Waals surface area contributed by atoms with Crippen molar-refractivity contribution in [3.05, 3.63) is 82.3 Å². The van der Waals surface area contributed by atoms with Gasteiger partial charge in [0.2, 0.25) is 16.6 Å². The third-order valence-electron chi connectivity index (χ3n) is 9.13. The molecule has 0 amide bonds. The minimum absolute atomic E-state index is 0.171. The Morgan fingerprint density at radius 2 is 0.917 bits per heavy atom. The monoisotopic (exact) mass is 518 g/mol. The summed E-state index contributed by atoms with van der Waals surface area (Å²) in [5.74, 6) is 2.95. The maximum atomic E-state index is 6.96. The minimum atomic E-state index is -1.93. The van der Waals surface area contributed by atoms with E-state index in [-0.39, 0.29) is 10.1 Å². The Hall–Kier alpha value is -2.05. The molecule has 2 nitrogen and oxygen atoms in total. The number of fused-ring (bicyclic) bond motifs is 2. The molecular formula is C32H46O2Si2. The van der Waals surface area contributed by atoms with Crippen LogP contribution in [0.1, 0.15) is 88.5 Å². The Bertz CT molecular complexity index is 1080. The van der Waals surface area contributed by atoms with Gasteiger partial charge >= 0.3 is 0 Å². The van der Waals surface area contributed by atoms with Crippen molar-refractivity contribution in [3.8, 4) is 0 Å². The molecule has 2 atom stereocenters. The van der Waals surface area contributed by atoms with Crippen molar-refractivity contribution in [1.82, 2.24) is 0 Å². The summed E-state index contributed by atoms with van der Waals surface area (Å²) in [6.07, 6.45) is 6.72. The van der Waals surface area contributed by atoms with Gasteiger partial charge in [0.15, 0.2) is 0 Å². The van der Waals surface area contributed by atoms with Crippen LogP contribution in [0.25, 0.3) is 12.2 Å². The van der Waals surface area contributed by atoms with E-state index >= 15 is 0 Å². The lowest BCUT2D eigenvalue weighted by molar-refractivity contribution is 0.331. The molecule has 2 aliphatic rings. The Kier molecular flexibility index (Phi) is 7.02. The molecule has 194 valence electrons. The third kappa shape index (κ3) is 5.17. The topological polar surface area (TPSA) is 18.5 Å². The molecule has 2 unspecified atom stereocenters. The summed E-state index contributed by atoms with van der Waals surface area (Å²) in [7, 11) is -3.87. The molecule has 0 aliphatic heterocycles. The first kappa shape index (κ1) is 27.0. The van der Waals surface area contributed by atoms with Gasteiger partial charge in [0.25, 0.3) is 0 Å². The number of rotatable bonds is 7. The highest BCUT2D eigenvalue weighted by Gasteiger charge is 2.43. The van der Waals surface area contributed by atoms with Crippen LogP contribution in [-0.2, 0) is 8.85 Å². The highest BCUT2D eigenvalue weighted by Crippen LogP contribution is 2.49. The molecular weight excluding hydrogens is 473 g/mol. The summed E-state index contributed by atoms with van der Waals surface area (Å²) in [5.41, 5.74) is 5.45. The van der Waals surface area contributed by atoms with Gasteiger partial charge in [-0.05, 0) is 83.5 Å². The maximum absolute atomic E-state index is 6.96. The summed E-state index contributed by atoms with van der Waals surface area (Å²) in [6.45, 7) is 23.4. The molecule has 2 aromatic rings. The molecule has 0 spiro atoms. The van der Waals surface area contributed by atoms with Crippen molar-refractivity contribution in [2.24, 2.45) is 0 Å². The van der Waals surface area contributed by atoms with Crippen LogP contribution < -0.4 is 0 Å². The van der Waals surface area contributed by atoms with Gasteiger partial charge in [-0.1, -0.05) is 90.1 Å². The second-order valence-corrected chi connectivity index (χ2v) is 23.2. The van der Waals surface area contributed by atoms with E-state index in [4.69, 9.17) is 8.85 Å². The Morgan fingerprint density at radius 1 is 0.583 bits per heavy atom. The number of allylic oxidation sites excluding steroid dienone is 2. The first-order chi connectivity index (χ1) is 16.6. The van der Waals surface area contributed by atoms with E-state index in [1.165, 1.54) is 33.8 Å². The minimum Gasteiger partial charge on any atom is -0.546 e. The number of hydrogen-bond donors (Lipinski definition) is 0. The van der Waals surface area contributed by atoms with E-state index < -0.39 is 16.6 Å². The Balaban J connectivity index is 1.61. The van der Waals surface area contributed by atoms with E-state index in [1.807, 2.05) is 0 Å². The Morgan fingerprint density at radius 3 is 1.25 bits per heavy atom. The zero-order chi connectivity index (χ0) is 26.5. The molecule has 0 bridgehead atoms. The van der Waals surface area contributed by atoms with Crippen LogP contribution in [-0.4, -0.2) is 16.6 Å². The van der Waals surface area contributed by atoms with Crippen molar-refractivity contribution < 1.29 is 8.85 Å². The molecule has 0 N–H and O–H groups in total. The first-order valence-electron chi connectivity index (χ1n) is 13.6. The van der Waals surface area contributed by atoms with Crippen LogP contribution in [0.4, 0.5) is 0 Å². The van der Waals surface area contributed by atoms with Crippen LogP contribution in [0.5, 0.6) is 0 Å². The summed E-state index contributed by atoms with van der Waals surface area (Å²) in [4.78, 5) is 0. The second kappa shape index (κ2) is 9.36. The molecule has 2 aromatic carbocycles. The second-order valence-electron chi connectivity index (χ2n) is 13.8. The predicted molar refractivity (Wildman–Crippen MR) is 160 cm³/mol. The Labute approximate surface area is 222 Å². The normalized spacial score (nSPS) is 19.9. The summed E-state index contributed by atoms with van der Waals surface area (Å²) < 4.78 is 13.9. The lowest BCUT2D eigenvalue weighted by Crippen LogP contribution is -2.41. The molecule has 4 heteroatoms. The molecule has 0 radical (unpaired) electrons. The average molecular weight is 519 g/mol. The molecule has 2 aliphatic carbocycles. The fraction of sp³-hybridized carbons (Fsp3) is 0.500. The van der Waals surface area contributed by atoms with Crippen molar-refractivity contribution in [2.75, 3.05) is 0 Å². The highest BCUT2D eigenvalue weighted by atomic mass is 28.4. The van der Waals surface area contributed by atoms with Gasteiger partial charge < -0.3 is 8.85 Å². The van der Waals surface area contributed by atoms with E-state index in [1.54, 1.807) is 0 Å². The van der Waals surface area contributed by atoms with Gasteiger partial charge in [-0.2, -0.15) is 0 Å². The van der Waals surface area contributed by atoms with Crippen molar-refractivity contribution >= 4 is 28.8 Å². The predicted octanol–water partition coefficient (Wildman–Crippen LogP) is 10.1. The van der Waals surface area contributed by atoms with Gasteiger partial charge in [-0.3, -0.25) is 0 Å². The van der Waals surface area contributed by atoms with Crippen LogP contribution >= 0.6 is 0 Å². The van der Waals surface area contributed by atoms with E-state index in [0.717, 1.165) is 12.8 Å². The third-order valence-corrected chi connectivity index (χ3v) is 17.8. The molecule has 0 heterocycles. The molecule has 36 heavy (non-hydrogen) atoms. The molecule has 0 saturated heterocycles. The lowest BCUT2D eigenvalue weighted by atomic mass is 9.88. The fourth-order valence-corrected chi connectivity index (χ4v) is 6.95. The van der Waals surface area contributed by atoms with Gasteiger partial charge in [-0.25, -0.2) is 0 Å². The first-order valence-corrected chi connectivity index (χ1v) is 19.4. The highest BCUT2D eigenvalue weighted by molar-refractivity contribution is 6.74. The number of hydrogen-bond acceptors (Lipinski definition) is 2. The lowest BCUT2D eigenvalue weighted by Gasteiger charge is -2.39. The maximum Gasteiger partial charge on any atom is 0.250 e. The summed E-state index contributed by atoms with van der Waals surface area (Å²) >= 11 is 0. The summed E-state index contributed by atoms with van der Waals surface area (Å²) in [5, 5.41) is 0.342. The largest absolute Gasteiger partial charge is 0.546 e. The van der Waals surface area contributed by atoms with Crippen LogP contribution in [0.3, 0.4) is 0 Å². The van der Waals surface area contributed by atoms with Crippen LogP contribution in [0.2, 0.25) is 36.3 Å². The fourth-order valence-electron chi connectivity index (χ4n) is 4.76. The molecule has 0 aromatic heterocycles.